The Labute approximate surface area is 56.9 Å². The van der Waals surface area contributed by atoms with E-state index in [0.29, 0.717) is 5.69 Å². The van der Waals surface area contributed by atoms with Gasteiger partial charge in [-0.2, -0.15) is 5.26 Å². The molecule has 0 radical (unpaired) electrons. The van der Waals surface area contributed by atoms with E-state index in [0.717, 1.165) is 0 Å². The highest BCUT2D eigenvalue weighted by Gasteiger charge is 2.04. The molecule has 0 fully saturated rings. The number of nitriles is 1. The van der Waals surface area contributed by atoms with Crippen LogP contribution < -0.4 is 0 Å². The van der Waals surface area contributed by atoms with Gasteiger partial charge in [-0.05, 0) is 18.5 Å². The van der Waals surface area contributed by atoms with Gasteiger partial charge in [-0.3, -0.25) is 0 Å². The summed E-state index contributed by atoms with van der Waals surface area (Å²) in [6.07, 6.45) is 0. The Hall–Kier alpha value is -1.01. The van der Waals surface area contributed by atoms with E-state index >= 15 is 0 Å². The minimum Gasteiger partial charge on any atom is -0.416 e. The number of hydrogen-bond donors (Lipinski definition) is 0. The number of hydrogen-bond acceptors (Lipinski definition) is 3. The zero-order valence-electron chi connectivity index (χ0n) is 4.68. The third-order valence-electron chi connectivity index (χ3n) is 0.872. The molecule has 0 bridgehead atoms. The first-order valence-electron chi connectivity index (χ1n) is 2.27. The van der Waals surface area contributed by atoms with E-state index in [1.165, 1.54) is 0 Å². The zero-order chi connectivity index (χ0) is 6.85. The Morgan fingerprint density at radius 3 is 2.67 bits per heavy atom. The Morgan fingerprint density at radius 1 is 1.78 bits per heavy atom. The van der Waals surface area contributed by atoms with Crippen LogP contribution in [-0.4, -0.2) is 4.98 Å². The van der Waals surface area contributed by atoms with Crippen molar-refractivity contribution in [3.05, 3.63) is 16.8 Å². The number of aryl methyl sites for hydroxylation is 1. The highest BCUT2D eigenvalue weighted by Crippen LogP contribution is 2.12. The van der Waals surface area contributed by atoms with Crippen LogP contribution in [0.4, 0.5) is 0 Å². The van der Waals surface area contributed by atoms with E-state index in [4.69, 9.17) is 16.9 Å². The van der Waals surface area contributed by atoms with Crippen LogP contribution in [-0.2, 0) is 0 Å². The van der Waals surface area contributed by atoms with E-state index in [1.807, 2.05) is 0 Å². The first-order valence-corrected chi connectivity index (χ1v) is 2.65. The van der Waals surface area contributed by atoms with Gasteiger partial charge < -0.3 is 4.42 Å². The van der Waals surface area contributed by atoms with Crippen molar-refractivity contribution in [2.75, 3.05) is 0 Å². The predicted molar refractivity (Wildman–Crippen MR) is 31.0 cm³/mol. The lowest BCUT2D eigenvalue weighted by atomic mass is 10.4. The molecule has 0 unspecified atom stereocenters. The van der Waals surface area contributed by atoms with Gasteiger partial charge in [-0.25, -0.2) is 4.98 Å². The van der Waals surface area contributed by atoms with Crippen molar-refractivity contribution in [1.29, 1.82) is 5.26 Å². The molecule has 46 valence electrons. The molecular formula is C5H3ClN2O. The molecule has 3 nitrogen and oxygen atoms in total. The molecule has 4 heteroatoms. The molecule has 0 aliphatic rings. The number of aromatic nitrogens is 1. The lowest BCUT2D eigenvalue weighted by molar-refractivity contribution is 0.545. The van der Waals surface area contributed by atoms with Gasteiger partial charge in [-0.15, -0.1) is 0 Å². The fourth-order valence-electron chi connectivity index (χ4n) is 0.467. The van der Waals surface area contributed by atoms with E-state index in [9.17, 15) is 0 Å². The van der Waals surface area contributed by atoms with Gasteiger partial charge in [0.25, 0.3) is 5.35 Å². The molecule has 9 heavy (non-hydrogen) atoms. The minimum absolute atomic E-state index is 0.0176. The molecule has 1 rings (SSSR count). The van der Waals surface area contributed by atoms with Gasteiger partial charge in [0.05, 0.1) is 5.69 Å². The van der Waals surface area contributed by atoms with Crippen LogP contribution in [0.25, 0.3) is 0 Å². The molecule has 0 atom stereocenters. The van der Waals surface area contributed by atoms with Crippen molar-refractivity contribution < 1.29 is 4.42 Å². The van der Waals surface area contributed by atoms with Crippen molar-refractivity contribution >= 4 is 11.6 Å². The summed E-state index contributed by atoms with van der Waals surface area (Å²) in [6.45, 7) is 1.66. The summed E-state index contributed by atoms with van der Waals surface area (Å²) in [4.78, 5) is 3.66. The lowest BCUT2D eigenvalue weighted by Crippen LogP contribution is -1.72. The SMILES string of the molecule is Cc1nc(Cl)oc1C#N. The van der Waals surface area contributed by atoms with E-state index in [-0.39, 0.29) is 11.1 Å². The average Bonchev–Trinajstić information content (AvgIpc) is 2.10. The smallest absolute Gasteiger partial charge is 0.293 e. The van der Waals surface area contributed by atoms with E-state index in [2.05, 4.69) is 9.40 Å². The Kier molecular flexibility index (Phi) is 1.41. The fourth-order valence-corrected chi connectivity index (χ4v) is 0.671. The van der Waals surface area contributed by atoms with Crippen molar-refractivity contribution in [2.45, 2.75) is 6.92 Å². The third kappa shape index (κ3) is 1.03. The Morgan fingerprint density at radius 2 is 2.44 bits per heavy atom. The molecule has 0 aliphatic carbocycles. The molecule has 1 aromatic rings. The van der Waals surface area contributed by atoms with Crippen molar-refractivity contribution in [2.24, 2.45) is 0 Å². The van der Waals surface area contributed by atoms with E-state index < -0.39 is 0 Å². The maximum Gasteiger partial charge on any atom is 0.293 e. The summed E-state index contributed by atoms with van der Waals surface area (Å²) < 4.78 is 4.66. The minimum atomic E-state index is 0.0176. The molecule has 0 amide bonds. The summed E-state index contributed by atoms with van der Waals surface area (Å²) in [5.74, 6) is 0.181. The topological polar surface area (TPSA) is 49.8 Å². The van der Waals surface area contributed by atoms with Crippen molar-refractivity contribution in [1.82, 2.24) is 4.98 Å². The molecule has 1 aromatic heterocycles. The predicted octanol–water partition coefficient (Wildman–Crippen LogP) is 1.51. The largest absolute Gasteiger partial charge is 0.416 e. The maximum absolute atomic E-state index is 8.29. The quantitative estimate of drug-likeness (QED) is 0.552. The average molecular weight is 143 g/mol. The lowest BCUT2D eigenvalue weighted by Gasteiger charge is -1.73. The summed E-state index contributed by atoms with van der Waals surface area (Å²) in [5, 5.41) is 8.31. The van der Waals surface area contributed by atoms with Gasteiger partial charge >= 0.3 is 0 Å². The number of nitrogens with zero attached hydrogens (tertiary/aromatic N) is 2. The monoisotopic (exact) mass is 142 g/mol. The maximum atomic E-state index is 8.29. The van der Waals surface area contributed by atoms with Gasteiger partial charge in [0.15, 0.2) is 0 Å². The van der Waals surface area contributed by atoms with Gasteiger partial charge in [-0.1, -0.05) is 0 Å². The molecule has 1 heterocycles. The fraction of sp³-hybridized carbons (Fsp3) is 0.200. The molecule has 0 aliphatic heterocycles. The molecule has 0 saturated heterocycles. The second-order valence-corrected chi connectivity index (χ2v) is 1.82. The highest BCUT2D eigenvalue weighted by molar-refractivity contribution is 6.27. The van der Waals surface area contributed by atoms with Crippen LogP contribution in [0.1, 0.15) is 11.5 Å². The second kappa shape index (κ2) is 2.08. The molecule has 0 saturated carbocycles. The second-order valence-electron chi connectivity index (χ2n) is 1.49. The standard InChI is InChI=1S/C5H3ClN2O/c1-3-4(2-7)9-5(6)8-3/h1H3. The van der Waals surface area contributed by atoms with Crippen molar-refractivity contribution in [3.63, 3.8) is 0 Å². The van der Waals surface area contributed by atoms with Crippen LogP contribution in [0, 0.1) is 18.3 Å². The third-order valence-corrected chi connectivity index (χ3v) is 1.03. The molecule has 0 spiro atoms. The summed E-state index contributed by atoms with van der Waals surface area (Å²) in [6, 6.07) is 1.80. The van der Waals surface area contributed by atoms with E-state index in [1.54, 1.807) is 13.0 Å². The van der Waals surface area contributed by atoms with Gasteiger partial charge in [0.2, 0.25) is 5.76 Å². The summed E-state index contributed by atoms with van der Waals surface area (Å²) in [5.41, 5.74) is 0.530. The van der Waals surface area contributed by atoms with Crippen LogP contribution >= 0.6 is 11.6 Å². The van der Waals surface area contributed by atoms with Gasteiger partial charge in [0.1, 0.15) is 6.07 Å². The summed E-state index contributed by atoms with van der Waals surface area (Å²) in [7, 11) is 0. The Bertz CT molecular complexity index is 260. The number of oxazole rings is 1. The van der Waals surface area contributed by atoms with Crippen molar-refractivity contribution in [3.8, 4) is 6.07 Å². The first-order chi connectivity index (χ1) is 4.24. The zero-order valence-corrected chi connectivity index (χ0v) is 5.44. The molecule has 0 N–H and O–H groups in total. The number of halogens is 1. The molecule has 0 aromatic carbocycles. The van der Waals surface area contributed by atoms with Crippen LogP contribution in [0.3, 0.4) is 0 Å². The molecular weight excluding hydrogens is 140 g/mol. The Balaban J connectivity index is 3.20. The first kappa shape index (κ1) is 6.12. The van der Waals surface area contributed by atoms with Crippen LogP contribution in [0.2, 0.25) is 5.35 Å². The van der Waals surface area contributed by atoms with Crippen LogP contribution in [0.15, 0.2) is 4.42 Å². The van der Waals surface area contributed by atoms with Gasteiger partial charge in [0, 0.05) is 0 Å². The highest BCUT2D eigenvalue weighted by atomic mass is 35.5. The van der Waals surface area contributed by atoms with Crippen LogP contribution in [0.5, 0.6) is 0 Å². The normalized spacial score (nSPS) is 9.00. The summed E-state index contributed by atoms with van der Waals surface area (Å²) >= 11 is 5.32. The number of rotatable bonds is 0.